The number of fused-ring (bicyclic) bond motifs is 3. The third-order valence-corrected chi connectivity index (χ3v) is 5.61. The Morgan fingerprint density at radius 2 is 2.10 bits per heavy atom. The number of benzene rings is 1. The fourth-order valence-corrected chi connectivity index (χ4v) is 4.05. The predicted octanol–water partition coefficient (Wildman–Crippen LogP) is 3.59. The molecule has 154 valence electrons. The second-order valence-electron chi connectivity index (χ2n) is 7.98. The number of nitrogens with one attached hydrogen (secondary N) is 2. The molecular weight excluding hydrogens is 380 g/mol. The van der Waals surface area contributed by atoms with E-state index in [1.165, 1.54) is 25.5 Å². The van der Waals surface area contributed by atoms with Crippen LogP contribution in [0.2, 0.25) is 0 Å². The van der Waals surface area contributed by atoms with Crippen LogP contribution in [-0.4, -0.2) is 37.7 Å². The van der Waals surface area contributed by atoms with Crippen molar-refractivity contribution in [2.45, 2.75) is 39.0 Å². The first-order valence-electron chi connectivity index (χ1n) is 10.1. The van der Waals surface area contributed by atoms with Gasteiger partial charge < -0.3 is 15.0 Å². The Labute approximate surface area is 173 Å². The topological polar surface area (TPSA) is 97.7 Å². The Morgan fingerprint density at radius 1 is 1.30 bits per heavy atom. The van der Waals surface area contributed by atoms with Gasteiger partial charge in [-0.1, -0.05) is 0 Å². The average Bonchev–Trinajstić information content (AvgIpc) is 3.38. The first-order valence-corrected chi connectivity index (χ1v) is 10.1. The minimum absolute atomic E-state index is 0.150. The summed E-state index contributed by atoms with van der Waals surface area (Å²) in [5.41, 5.74) is 5.53. The molecule has 1 fully saturated rings. The zero-order chi connectivity index (χ0) is 21.0. The van der Waals surface area contributed by atoms with E-state index in [2.05, 4.69) is 21.4 Å². The normalized spacial score (nSPS) is 13.9. The number of methoxy groups -OCH3 is 1. The van der Waals surface area contributed by atoms with Crippen LogP contribution in [0.15, 0.2) is 18.2 Å². The molecule has 5 rings (SSSR count). The first-order chi connectivity index (χ1) is 14.4. The lowest BCUT2D eigenvalue weighted by Crippen LogP contribution is -2.07. The molecule has 3 heterocycles. The smallest absolute Gasteiger partial charge is 0.221 e. The van der Waals surface area contributed by atoms with Gasteiger partial charge >= 0.3 is 0 Å². The third-order valence-electron chi connectivity index (χ3n) is 5.61. The van der Waals surface area contributed by atoms with E-state index in [0.717, 1.165) is 33.3 Å². The van der Waals surface area contributed by atoms with Crippen LogP contribution < -0.4 is 10.1 Å². The van der Waals surface area contributed by atoms with E-state index < -0.39 is 0 Å². The molecule has 0 atom stereocenters. The van der Waals surface area contributed by atoms with Crippen LogP contribution in [0.1, 0.15) is 48.6 Å². The molecule has 30 heavy (non-hydrogen) atoms. The molecule has 1 amide bonds. The van der Waals surface area contributed by atoms with E-state index in [-0.39, 0.29) is 5.91 Å². The van der Waals surface area contributed by atoms with Crippen LogP contribution in [0.3, 0.4) is 0 Å². The molecule has 8 nitrogen and oxygen atoms in total. The number of nitrogens with zero attached hydrogens (tertiary/aromatic N) is 4. The van der Waals surface area contributed by atoms with Crippen molar-refractivity contribution in [2.24, 2.45) is 7.05 Å². The Hall–Kier alpha value is -3.42. The highest BCUT2D eigenvalue weighted by Crippen LogP contribution is 2.40. The lowest BCUT2D eigenvalue weighted by Gasteiger charge is -2.09. The minimum atomic E-state index is -0.150. The molecule has 0 radical (unpaired) electrons. The Balaban J connectivity index is 1.66. The second-order valence-corrected chi connectivity index (χ2v) is 7.98. The monoisotopic (exact) mass is 404 g/mol. The molecule has 0 saturated heterocycles. The molecular formula is C22H24N6O2. The highest BCUT2D eigenvalue weighted by molar-refractivity contribution is 6.09. The molecule has 0 unspecified atom stereocenters. The van der Waals surface area contributed by atoms with Crippen molar-refractivity contribution in [3.8, 4) is 5.75 Å². The number of aromatic nitrogens is 5. The summed E-state index contributed by atoms with van der Waals surface area (Å²) >= 11 is 0. The van der Waals surface area contributed by atoms with Crippen LogP contribution in [0, 0.1) is 6.92 Å². The highest BCUT2D eigenvalue weighted by atomic mass is 16.5. The molecule has 3 aromatic heterocycles. The van der Waals surface area contributed by atoms with Gasteiger partial charge in [-0.15, -0.1) is 0 Å². The van der Waals surface area contributed by atoms with Crippen molar-refractivity contribution >= 4 is 33.5 Å². The fraction of sp³-hybridized carbons (Fsp3) is 0.364. The van der Waals surface area contributed by atoms with Gasteiger partial charge in [-0.25, -0.2) is 9.97 Å². The zero-order valence-electron chi connectivity index (χ0n) is 17.5. The molecule has 1 aromatic carbocycles. The van der Waals surface area contributed by atoms with Gasteiger partial charge in [0.1, 0.15) is 17.2 Å². The van der Waals surface area contributed by atoms with Gasteiger partial charge in [-0.3, -0.25) is 9.48 Å². The van der Waals surface area contributed by atoms with Crippen molar-refractivity contribution in [3.05, 3.63) is 41.1 Å². The number of amides is 1. The van der Waals surface area contributed by atoms with E-state index in [1.807, 2.05) is 30.8 Å². The van der Waals surface area contributed by atoms with Gasteiger partial charge in [0.05, 0.1) is 29.7 Å². The first kappa shape index (κ1) is 18.6. The van der Waals surface area contributed by atoms with E-state index in [0.29, 0.717) is 29.6 Å². The predicted molar refractivity (Wildman–Crippen MR) is 115 cm³/mol. The number of hydrogen-bond donors (Lipinski definition) is 2. The minimum Gasteiger partial charge on any atom is -0.495 e. The van der Waals surface area contributed by atoms with E-state index >= 15 is 0 Å². The van der Waals surface area contributed by atoms with Gasteiger partial charge in [0, 0.05) is 42.8 Å². The van der Waals surface area contributed by atoms with Crippen molar-refractivity contribution in [1.82, 2.24) is 24.7 Å². The summed E-state index contributed by atoms with van der Waals surface area (Å²) < 4.78 is 7.49. The van der Waals surface area contributed by atoms with Crippen molar-refractivity contribution in [2.75, 3.05) is 12.4 Å². The Morgan fingerprint density at radius 3 is 2.80 bits per heavy atom. The number of aryl methyl sites for hydroxylation is 2. The maximum atomic E-state index is 11.6. The molecule has 2 N–H and O–H groups in total. The summed E-state index contributed by atoms with van der Waals surface area (Å²) in [5.74, 6) is 1.77. The maximum Gasteiger partial charge on any atom is 0.221 e. The van der Waals surface area contributed by atoms with Gasteiger partial charge in [-0.2, -0.15) is 5.10 Å². The number of anilines is 1. The summed E-state index contributed by atoms with van der Waals surface area (Å²) in [6.45, 7) is 3.38. The van der Waals surface area contributed by atoms with Crippen LogP contribution in [0.25, 0.3) is 21.9 Å². The molecule has 0 spiro atoms. The quantitative estimate of drug-likeness (QED) is 0.530. The van der Waals surface area contributed by atoms with Gasteiger partial charge in [-0.05, 0) is 38.0 Å². The molecule has 8 heteroatoms. The number of hydrogen-bond acceptors (Lipinski definition) is 5. The average molecular weight is 404 g/mol. The summed E-state index contributed by atoms with van der Waals surface area (Å²) in [6.07, 6.45) is 3.12. The second kappa shape index (κ2) is 6.83. The van der Waals surface area contributed by atoms with Crippen LogP contribution in [0.5, 0.6) is 5.75 Å². The summed E-state index contributed by atoms with van der Waals surface area (Å²) in [4.78, 5) is 24.3. The van der Waals surface area contributed by atoms with Crippen LogP contribution >= 0.6 is 0 Å². The number of ether oxygens (including phenoxy) is 1. The number of carbonyl (C=O) groups is 1. The lowest BCUT2D eigenvalue weighted by molar-refractivity contribution is -0.114. The standard InChI is InChI=1S/C22H24N6O2/c1-11-23-19(8-14-7-16(13-5-6-13)27-28(14)3)21-15-9-20(30-4)18(25-12(2)29)10-17(15)26-22(21)24-11/h7,9-10,13H,5-6,8H2,1-4H3,(H,25,29)(H,23,24,26). The number of H-pyrrole nitrogens is 1. The molecule has 4 aromatic rings. The summed E-state index contributed by atoms with van der Waals surface area (Å²) in [6, 6.07) is 6.01. The largest absolute Gasteiger partial charge is 0.495 e. The van der Waals surface area contributed by atoms with E-state index in [4.69, 9.17) is 14.8 Å². The van der Waals surface area contributed by atoms with E-state index in [1.54, 1.807) is 7.11 Å². The number of rotatable bonds is 5. The molecule has 1 aliphatic carbocycles. The van der Waals surface area contributed by atoms with Crippen LogP contribution in [0.4, 0.5) is 5.69 Å². The van der Waals surface area contributed by atoms with Gasteiger partial charge in [0.15, 0.2) is 0 Å². The zero-order valence-corrected chi connectivity index (χ0v) is 17.5. The number of carbonyl (C=O) groups excluding carboxylic acids is 1. The molecule has 1 aliphatic rings. The lowest BCUT2D eigenvalue weighted by atomic mass is 10.1. The fourth-order valence-electron chi connectivity index (χ4n) is 4.05. The van der Waals surface area contributed by atoms with Gasteiger partial charge in [0.25, 0.3) is 0 Å². The molecule has 1 saturated carbocycles. The van der Waals surface area contributed by atoms with E-state index in [9.17, 15) is 4.79 Å². The maximum absolute atomic E-state index is 11.6. The third kappa shape index (κ3) is 3.18. The Kier molecular flexibility index (Phi) is 4.23. The molecule has 0 aliphatic heterocycles. The summed E-state index contributed by atoms with van der Waals surface area (Å²) in [5, 5.41) is 9.45. The Bertz CT molecular complexity index is 1300. The van der Waals surface area contributed by atoms with Crippen molar-refractivity contribution in [3.63, 3.8) is 0 Å². The highest BCUT2D eigenvalue weighted by Gasteiger charge is 2.27. The number of aromatic amines is 1. The van der Waals surface area contributed by atoms with Crippen LogP contribution in [-0.2, 0) is 18.3 Å². The SMILES string of the molecule is COc1cc2c(cc1NC(C)=O)[nH]c1nc(C)nc(Cc3cc(C4CC4)nn3C)c12. The van der Waals surface area contributed by atoms with Gasteiger partial charge in [0.2, 0.25) is 5.91 Å². The molecule has 0 bridgehead atoms. The summed E-state index contributed by atoms with van der Waals surface area (Å²) in [7, 11) is 3.59. The van der Waals surface area contributed by atoms with Crippen molar-refractivity contribution in [1.29, 1.82) is 0 Å². The van der Waals surface area contributed by atoms with Crippen molar-refractivity contribution < 1.29 is 9.53 Å².